The van der Waals surface area contributed by atoms with Crippen LogP contribution in [0.2, 0.25) is 10.0 Å². The summed E-state index contributed by atoms with van der Waals surface area (Å²) in [5.74, 6) is 0.447. The molecule has 1 saturated carbocycles. The van der Waals surface area contributed by atoms with E-state index in [0.29, 0.717) is 34.0 Å². The van der Waals surface area contributed by atoms with Crippen LogP contribution in [-0.4, -0.2) is 27.5 Å². The third-order valence-corrected chi connectivity index (χ3v) is 7.74. The highest BCUT2D eigenvalue weighted by atomic mass is 35.5. The number of carbonyl (C=O) groups is 1. The van der Waals surface area contributed by atoms with Crippen LogP contribution in [0, 0.1) is 5.41 Å². The number of amides is 1. The van der Waals surface area contributed by atoms with E-state index in [1.165, 1.54) is 0 Å². The first-order valence-electron chi connectivity index (χ1n) is 12.6. The average Bonchev–Trinajstić information content (AvgIpc) is 3.14. The minimum Gasteiger partial charge on any atom is -0.351 e. The smallest absolute Gasteiger partial charge is 0.348 e. The molecule has 0 unspecified atom stereocenters. The van der Waals surface area contributed by atoms with Gasteiger partial charge < -0.3 is 5.32 Å². The first-order valence-corrected chi connectivity index (χ1v) is 13.4. The number of H-pyrrole nitrogens is 1. The summed E-state index contributed by atoms with van der Waals surface area (Å²) < 4.78 is 14.0. The molecule has 0 atom stereocenters. The lowest BCUT2D eigenvalue weighted by Crippen LogP contribution is -2.42. The quantitative estimate of drug-likeness (QED) is 0.318. The summed E-state index contributed by atoms with van der Waals surface area (Å²) in [6.07, 6.45) is 4.91. The number of alkyl halides is 1. The molecule has 196 valence electrons. The van der Waals surface area contributed by atoms with Gasteiger partial charge in [-0.15, -0.1) is 0 Å². The van der Waals surface area contributed by atoms with Crippen molar-refractivity contribution in [3.8, 4) is 22.8 Å². The molecule has 2 aromatic carbocycles. The van der Waals surface area contributed by atoms with Crippen LogP contribution in [0.25, 0.3) is 22.8 Å². The number of nitrogens with one attached hydrogen (secondary N) is 2. The number of benzene rings is 2. The minimum absolute atomic E-state index is 0.185. The maximum Gasteiger partial charge on any atom is 0.348 e. The van der Waals surface area contributed by atoms with Crippen LogP contribution >= 0.6 is 23.2 Å². The Balaban J connectivity index is 1.60. The third-order valence-electron chi connectivity index (χ3n) is 7.06. The monoisotopic (exact) mass is 544 g/mol. The number of aromatic nitrogens is 3. The Morgan fingerprint density at radius 3 is 2.43 bits per heavy atom. The second-order valence-corrected chi connectivity index (χ2v) is 10.9. The normalized spacial score (nSPS) is 15.4. The fraction of sp³-hybridized carbons (Fsp3) is 0.429. The van der Waals surface area contributed by atoms with Crippen molar-refractivity contribution in [3.63, 3.8) is 0 Å². The predicted octanol–water partition coefficient (Wildman–Crippen LogP) is 6.86. The second-order valence-electron chi connectivity index (χ2n) is 10.0. The standard InChI is InChI=1S/C28H31Cl2FN4O2/c1-17(2)20-14-19(8-10-22(20)29)24-33-25(35-27(37)34-24)21-13-18(7-9-23(21)30)15-32-26(36)28(16-31)11-5-3-4-6-12-28/h7-10,13-14,17H,3-6,11-12,15-16H2,1-2H3,(H,32,36)(H,33,34,35,37). The van der Waals surface area contributed by atoms with E-state index in [0.717, 1.165) is 36.8 Å². The molecule has 9 heteroatoms. The Morgan fingerprint density at radius 2 is 1.76 bits per heavy atom. The Morgan fingerprint density at radius 1 is 1.05 bits per heavy atom. The zero-order chi connectivity index (χ0) is 26.6. The predicted molar refractivity (Wildman–Crippen MR) is 146 cm³/mol. The third kappa shape index (κ3) is 6.21. The molecule has 0 saturated heterocycles. The van der Waals surface area contributed by atoms with Gasteiger partial charge in [-0.3, -0.25) is 9.78 Å². The van der Waals surface area contributed by atoms with Crippen molar-refractivity contribution in [1.82, 2.24) is 20.3 Å². The summed E-state index contributed by atoms with van der Waals surface area (Å²) >= 11 is 12.8. The molecule has 1 aliphatic carbocycles. The zero-order valence-electron chi connectivity index (χ0n) is 21.0. The molecule has 0 bridgehead atoms. The van der Waals surface area contributed by atoms with Crippen LogP contribution in [0.4, 0.5) is 4.39 Å². The number of carbonyl (C=O) groups excluding carboxylic acids is 1. The summed E-state index contributed by atoms with van der Waals surface area (Å²) in [7, 11) is 0. The summed E-state index contributed by atoms with van der Waals surface area (Å²) in [6.45, 7) is 3.62. The van der Waals surface area contributed by atoms with Crippen molar-refractivity contribution in [2.24, 2.45) is 5.41 Å². The van der Waals surface area contributed by atoms with Crippen LogP contribution in [-0.2, 0) is 11.3 Å². The molecule has 3 aromatic rings. The van der Waals surface area contributed by atoms with Crippen LogP contribution < -0.4 is 11.0 Å². The van der Waals surface area contributed by atoms with Crippen molar-refractivity contribution < 1.29 is 9.18 Å². The maximum absolute atomic E-state index is 14.0. The molecular formula is C28H31Cl2FN4O2. The zero-order valence-corrected chi connectivity index (χ0v) is 22.6. The van der Waals surface area contributed by atoms with Gasteiger partial charge in [0.15, 0.2) is 5.82 Å². The van der Waals surface area contributed by atoms with Crippen LogP contribution in [0.5, 0.6) is 0 Å². The number of aromatic amines is 1. The van der Waals surface area contributed by atoms with Gasteiger partial charge in [0.25, 0.3) is 0 Å². The van der Waals surface area contributed by atoms with Gasteiger partial charge in [0.2, 0.25) is 5.91 Å². The van der Waals surface area contributed by atoms with E-state index in [9.17, 15) is 14.0 Å². The van der Waals surface area contributed by atoms with Gasteiger partial charge in [-0.05, 0) is 60.2 Å². The van der Waals surface area contributed by atoms with Gasteiger partial charge in [0.1, 0.15) is 12.5 Å². The number of nitrogens with zero attached hydrogens (tertiary/aromatic N) is 2. The summed E-state index contributed by atoms with van der Waals surface area (Å²) in [6, 6.07) is 10.7. The van der Waals surface area contributed by atoms with Crippen molar-refractivity contribution in [3.05, 3.63) is 68.1 Å². The topological polar surface area (TPSA) is 87.7 Å². The molecule has 1 aliphatic rings. The Hall–Kier alpha value is -2.77. The molecule has 6 nitrogen and oxygen atoms in total. The molecule has 4 rings (SSSR count). The minimum atomic E-state index is -0.952. The first kappa shape index (κ1) is 27.3. The van der Waals surface area contributed by atoms with E-state index < -0.39 is 17.8 Å². The SMILES string of the molecule is CC(C)c1cc(-c2nc(-c3cc(CNC(=O)C4(CF)CCCCCC4)ccc3Cl)[nH]c(=O)n2)ccc1Cl. The number of hydrogen-bond donors (Lipinski definition) is 2. The molecule has 1 heterocycles. The van der Waals surface area contributed by atoms with E-state index in [1.54, 1.807) is 30.3 Å². The molecule has 0 aliphatic heterocycles. The molecular weight excluding hydrogens is 514 g/mol. The molecule has 2 N–H and O–H groups in total. The highest BCUT2D eigenvalue weighted by Gasteiger charge is 2.38. The van der Waals surface area contributed by atoms with E-state index in [4.69, 9.17) is 23.2 Å². The van der Waals surface area contributed by atoms with Crippen LogP contribution in [0.15, 0.2) is 41.2 Å². The fourth-order valence-electron chi connectivity index (χ4n) is 4.83. The van der Waals surface area contributed by atoms with Crippen LogP contribution in [0.1, 0.15) is 69.4 Å². The maximum atomic E-state index is 14.0. The summed E-state index contributed by atoms with van der Waals surface area (Å²) in [5, 5.41) is 3.94. The highest BCUT2D eigenvalue weighted by Crippen LogP contribution is 2.36. The van der Waals surface area contributed by atoms with Crippen molar-refractivity contribution >= 4 is 29.1 Å². The second kappa shape index (κ2) is 11.7. The van der Waals surface area contributed by atoms with Gasteiger partial charge in [-0.2, -0.15) is 4.98 Å². The van der Waals surface area contributed by atoms with E-state index in [-0.39, 0.29) is 30.0 Å². The Labute approximate surface area is 226 Å². The van der Waals surface area contributed by atoms with E-state index in [1.807, 2.05) is 19.9 Å². The fourth-order valence-corrected chi connectivity index (χ4v) is 5.37. The molecule has 1 fully saturated rings. The van der Waals surface area contributed by atoms with Crippen LogP contribution in [0.3, 0.4) is 0 Å². The van der Waals surface area contributed by atoms with Gasteiger partial charge in [-0.1, -0.05) is 68.8 Å². The Bertz CT molecular complexity index is 1330. The molecule has 1 amide bonds. The summed E-state index contributed by atoms with van der Waals surface area (Å²) in [4.78, 5) is 36.7. The molecule has 37 heavy (non-hydrogen) atoms. The van der Waals surface area contributed by atoms with Gasteiger partial charge in [0, 0.05) is 22.7 Å². The molecule has 0 spiro atoms. The lowest BCUT2D eigenvalue weighted by atomic mass is 9.80. The average molecular weight is 545 g/mol. The number of rotatable bonds is 7. The first-order chi connectivity index (χ1) is 17.7. The lowest BCUT2D eigenvalue weighted by Gasteiger charge is -2.28. The van der Waals surface area contributed by atoms with Gasteiger partial charge in [0.05, 0.1) is 10.4 Å². The van der Waals surface area contributed by atoms with Gasteiger partial charge >= 0.3 is 5.69 Å². The molecule has 1 aromatic heterocycles. The summed E-state index contributed by atoms with van der Waals surface area (Å²) in [5.41, 5.74) is 1.34. The Kier molecular flexibility index (Phi) is 8.65. The lowest BCUT2D eigenvalue weighted by molar-refractivity contribution is -0.133. The molecule has 0 radical (unpaired) electrons. The number of hydrogen-bond acceptors (Lipinski definition) is 4. The highest BCUT2D eigenvalue weighted by molar-refractivity contribution is 6.33. The van der Waals surface area contributed by atoms with Crippen molar-refractivity contribution in [2.75, 3.05) is 6.67 Å². The van der Waals surface area contributed by atoms with Gasteiger partial charge in [-0.25, -0.2) is 14.2 Å². The van der Waals surface area contributed by atoms with E-state index >= 15 is 0 Å². The van der Waals surface area contributed by atoms with Crippen molar-refractivity contribution in [2.45, 2.75) is 64.8 Å². The van der Waals surface area contributed by atoms with Crippen molar-refractivity contribution in [1.29, 1.82) is 0 Å². The van der Waals surface area contributed by atoms with E-state index in [2.05, 4.69) is 20.3 Å². The number of halogens is 3. The largest absolute Gasteiger partial charge is 0.351 e.